The van der Waals surface area contributed by atoms with Gasteiger partial charge in [0.05, 0.1) is 11.9 Å². The molecule has 2 aromatic rings. The van der Waals surface area contributed by atoms with Crippen molar-refractivity contribution >= 4 is 56.4 Å². The average molecular weight is 436 g/mol. The van der Waals surface area contributed by atoms with E-state index in [1.165, 1.54) is 13.0 Å². The summed E-state index contributed by atoms with van der Waals surface area (Å²) in [6, 6.07) is 10.3. The molecule has 0 fully saturated rings. The SMILES string of the molecule is C[C@@H](C(=O)NCc1ccc(Cl)cc1Cl)N(c1cccc(Cl)c1)S(C)(=O)=O. The topological polar surface area (TPSA) is 66.5 Å². The van der Waals surface area contributed by atoms with Crippen molar-refractivity contribution in [3.63, 3.8) is 0 Å². The van der Waals surface area contributed by atoms with Crippen LogP contribution in [0.25, 0.3) is 0 Å². The molecule has 5 nitrogen and oxygen atoms in total. The van der Waals surface area contributed by atoms with Crippen LogP contribution in [0.15, 0.2) is 42.5 Å². The molecule has 0 saturated carbocycles. The molecule has 9 heteroatoms. The van der Waals surface area contributed by atoms with Gasteiger partial charge in [0.15, 0.2) is 0 Å². The molecule has 0 aliphatic heterocycles. The lowest BCUT2D eigenvalue weighted by atomic mass is 10.2. The molecule has 0 radical (unpaired) electrons. The molecule has 1 atom stereocenters. The predicted molar refractivity (Wildman–Crippen MR) is 107 cm³/mol. The first-order chi connectivity index (χ1) is 12.1. The van der Waals surface area contributed by atoms with Gasteiger partial charge in [-0.2, -0.15) is 0 Å². The molecule has 1 N–H and O–H groups in total. The molecule has 2 rings (SSSR count). The van der Waals surface area contributed by atoms with E-state index < -0.39 is 22.0 Å². The number of anilines is 1. The number of hydrogen-bond acceptors (Lipinski definition) is 3. The molecule has 0 aliphatic carbocycles. The summed E-state index contributed by atoms with van der Waals surface area (Å²) in [6.45, 7) is 1.65. The van der Waals surface area contributed by atoms with Crippen LogP contribution in [0.1, 0.15) is 12.5 Å². The summed E-state index contributed by atoms with van der Waals surface area (Å²) in [5, 5.41) is 3.97. The van der Waals surface area contributed by atoms with Crippen molar-refractivity contribution in [2.24, 2.45) is 0 Å². The van der Waals surface area contributed by atoms with Crippen molar-refractivity contribution in [2.45, 2.75) is 19.5 Å². The lowest BCUT2D eigenvalue weighted by Crippen LogP contribution is -2.47. The van der Waals surface area contributed by atoms with Crippen LogP contribution in [0, 0.1) is 0 Å². The van der Waals surface area contributed by atoms with E-state index in [2.05, 4.69) is 5.32 Å². The van der Waals surface area contributed by atoms with E-state index in [0.29, 0.717) is 26.3 Å². The Balaban J connectivity index is 2.20. The summed E-state index contributed by atoms with van der Waals surface area (Å²) in [7, 11) is -3.71. The van der Waals surface area contributed by atoms with E-state index in [4.69, 9.17) is 34.8 Å². The molecular weight excluding hydrogens is 419 g/mol. The van der Waals surface area contributed by atoms with Gasteiger partial charge in [-0.25, -0.2) is 8.42 Å². The Labute approximate surface area is 167 Å². The molecule has 0 unspecified atom stereocenters. The van der Waals surface area contributed by atoms with Gasteiger partial charge in [0, 0.05) is 21.6 Å². The van der Waals surface area contributed by atoms with Crippen LogP contribution in [0.2, 0.25) is 15.1 Å². The molecule has 140 valence electrons. The first-order valence-corrected chi connectivity index (χ1v) is 10.5. The van der Waals surface area contributed by atoms with Gasteiger partial charge >= 0.3 is 0 Å². The molecule has 0 aromatic heterocycles. The van der Waals surface area contributed by atoms with E-state index in [1.54, 1.807) is 36.4 Å². The van der Waals surface area contributed by atoms with Crippen LogP contribution in [0.3, 0.4) is 0 Å². The third-order valence-electron chi connectivity index (χ3n) is 3.62. The predicted octanol–water partition coefficient (Wildman–Crippen LogP) is 4.12. The van der Waals surface area contributed by atoms with E-state index >= 15 is 0 Å². The van der Waals surface area contributed by atoms with Crippen molar-refractivity contribution in [1.29, 1.82) is 0 Å². The fourth-order valence-corrected chi connectivity index (χ4v) is 4.24. The number of carbonyl (C=O) groups excluding carboxylic acids is 1. The zero-order valence-corrected chi connectivity index (χ0v) is 17.1. The minimum absolute atomic E-state index is 0.145. The van der Waals surface area contributed by atoms with Gasteiger partial charge in [0.25, 0.3) is 0 Å². The van der Waals surface area contributed by atoms with Crippen LogP contribution >= 0.6 is 34.8 Å². The van der Waals surface area contributed by atoms with Gasteiger partial charge in [-0.15, -0.1) is 0 Å². The van der Waals surface area contributed by atoms with Gasteiger partial charge in [-0.1, -0.05) is 46.9 Å². The van der Waals surface area contributed by atoms with Crippen molar-refractivity contribution in [3.05, 3.63) is 63.1 Å². The molecule has 26 heavy (non-hydrogen) atoms. The highest BCUT2D eigenvalue weighted by molar-refractivity contribution is 7.92. The Morgan fingerprint density at radius 3 is 2.35 bits per heavy atom. The number of benzene rings is 2. The maximum absolute atomic E-state index is 12.5. The number of rotatable bonds is 6. The summed E-state index contributed by atoms with van der Waals surface area (Å²) in [4.78, 5) is 12.5. The second-order valence-corrected chi connectivity index (χ2v) is 8.81. The number of amides is 1. The van der Waals surface area contributed by atoms with Crippen LogP contribution in [0.5, 0.6) is 0 Å². The maximum Gasteiger partial charge on any atom is 0.243 e. The Morgan fingerprint density at radius 2 is 1.77 bits per heavy atom. The van der Waals surface area contributed by atoms with Crippen LogP contribution < -0.4 is 9.62 Å². The highest BCUT2D eigenvalue weighted by Gasteiger charge is 2.29. The fraction of sp³-hybridized carbons (Fsp3) is 0.235. The van der Waals surface area contributed by atoms with E-state index in [9.17, 15) is 13.2 Å². The Morgan fingerprint density at radius 1 is 1.12 bits per heavy atom. The van der Waals surface area contributed by atoms with Gasteiger partial charge in [0.2, 0.25) is 15.9 Å². The highest BCUT2D eigenvalue weighted by atomic mass is 35.5. The molecule has 0 spiro atoms. The fourth-order valence-electron chi connectivity index (χ4n) is 2.42. The van der Waals surface area contributed by atoms with E-state index in [-0.39, 0.29) is 6.54 Å². The third kappa shape index (κ3) is 5.27. The summed E-state index contributed by atoms with van der Waals surface area (Å²) in [5.41, 5.74) is 0.984. The zero-order valence-electron chi connectivity index (χ0n) is 14.0. The van der Waals surface area contributed by atoms with Crippen LogP contribution in [0.4, 0.5) is 5.69 Å². The highest BCUT2D eigenvalue weighted by Crippen LogP contribution is 2.24. The summed E-state index contributed by atoms with van der Waals surface area (Å²) in [6.07, 6.45) is 1.04. The maximum atomic E-state index is 12.5. The Bertz CT molecular complexity index is 919. The number of sulfonamides is 1. The quantitative estimate of drug-likeness (QED) is 0.742. The van der Waals surface area contributed by atoms with Crippen molar-refractivity contribution < 1.29 is 13.2 Å². The number of halogens is 3. The van der Waals surface area contributed by atoms with Gasteiger partial charge in [-0.3, -0.25) is 9.10 Å². The molecule has 0 heterocycles. The van der Waals surface area contributed by atoms with Crippen molar-refractivity contribution in [3.8, 4) is 0 Å². The number of nitrogens with one attached hydrogen (secondary N) is 1. The number of carbonyl (C=O) groups is 1. The summed E-state index contributed by atoms with van der Waals surface area (Å²) >= 11 is 17.9. The van der Waals surface area contributed by atoms with Gasteiger partial charge in [-0.05, 0) is 42.8 Å². The molecule has 0 bridgehead atoms. The lowest BCUT2D eigenvalue weighted by Gasteiger charge is -2.28. The van der Waals surface area contributed by atoms with E-state index in [1.807, 2.05) is 0 Å². The molecular formula is C17H17Cl3N2O3S. The Kier molecular flexibility index (Phi) is 6.80. The standard InChI is InChI=1S/C17H17Cl3N2O3S/c1-11(17(23)21-10-12-6-7-14(19)9-16(12)20)22(26(2,24)25)15-5-3-4-13(18)8-15/h3-9,11H,10H2,1-2H3,(H,21,23)/t11-/m0/s1. The lowest BCUT2D eigenvalue weighted by molar-refractivity contribution is -0.122. The molecule has 0 aliphatic rings. The Hall–Kier alpha value is -1.47. The van der Waals surface area contributed by atoms with Crippen LogP contribution in [-0.4, -0.2) is 26.6 Å². The van der Waals surface area contributed by atoms with Crippen molar-refractivity contribution in [1.82, 2.24) is 5.32 Å². The smallest absolute Gasteiger partial charge is 0.243 e. The minimum Gasteiger partial charge on any atom is -0.350 e. The zero-order chi connectivity index (χ0) is 19.5. The van der Waals surface area contributed by atoms with Gasteiger partial charge in [0.1, 0.15) is 6.04 Å². The third-order valence-corrected chi connectivity index (χ3v) is 5.68. The summed E-state index contributed by atoms with van der Waals surface area (Å²) < 4.78 is 25.5. The van der Waals surface area contributed by atoms with Crippen molar-refractivity contribution in [2.75, 3.05) is 10.6 Å². The largest absolute Gasteiger partial charge is 0.350 e. The number of nitrogens with zero attached hydrogens (tertiary/aromatic N) is 1. The van der Waals surface area contributed by atoms with Crippen LogP contribution in [-0.2, 0) is 21.4 Å². The van der Waals surface area contributed by atoms with Gasteiger partial charge < -0.3 is 5.32 Å². The molecule has 2 aromatic carbocycles. The normalized spacial score (nSPS) is 12.5. The number of hydrogen-bond donors (Lipinski definition) is 1. The van der Waals surface area contributed by atoms with E-state index in [0.717, 1.165) is 10.6 Å². The minimum atomic E-state index is -3.71. The first kappa shape index (κ1) is 20.8. The molecule has 1 amide bonds. The molecule has 0 saturated heterocycles. The average Bonchev–Trinajstić information content (AvgIpc) is 2.52. The summed E-state index contributed by atoms with van der Waals surface area (Å²) in [5.74, 6) is -0.471. The monoisotopic (exact) mass is 434 g/mol. The second kappa shape index (κ2) is 8.48. The second-order valence-electron chi connectivity index (χ2n) is 5.67. The first-order valence-electron chi connectivity index (χ1n) is 7.56.